The van der Waals surface area contributed by atoms with Gasteiger partial charge in [0, 0.05) is 27.9 Å². The van der Waals surface area contributed by atoms with Gasteiger partial charge >= 0.3 is 0 Å². The zero-order chi connectivity index (χ0) is 25.9. The van der Waals surface area contributed by atoms with Gasteiger partial charge in [-0.15, -0.1) is 0 Å². The van der Waals surface area contributed by atoms with Crippen molar-refractivity contribution in [2.75, 3.05) is 0 Å². The quantitative estimate of drug-likeness (QED) is 0.247. The van der Waals surface area contributed by atoms with E-state index in [1.54, 1.807) is 29.8 Å². The predicted molar refractivity (Wildman–Crippen MR) is 142 cm³/mol. The van der Waals surface area contributed by atoms with Crippen LogP contribution in [0, 0.1) is 11.3 Å². The molecular formula is C30H21ClN4O2. The Hall–Kier alpha value is -4.73. The van der Waals surface area contributed by atoms with E-state index in [4.69, 9.17) is 16.7 Å². The molecule has 0 saturated carbocycles. The average Bonchev–Trinajstić information content (AvgIpc) is 3.35. The van der Waals surface area contributed by atoms with E-state index < -0.39 is 11.8 Å². The first-order chi connectivity index (χ1) is 18.0. The van der Waals surface area contributed by atoms with Gasteiger partial charge in [-0.3, -0.25) is 14.5 Å². The third-order valence-electron chi connectivity index (χ3n) is 6.19. The van der Waals surface area contributed by atoms with Crippen molar-refractivity contribution in [1.29, 1.82) is 5.26 Å². The number of benzene rings is 3. The first-order valence-electron chi connectivity index (χ1n) is 11.6. The first-order valence-corrected chi connectivity index (χ1v) is 12.0. The Labute approximate surface area is 219 Å². The average molecular weight is 505 g/mol. The van der Waals surface area contributed by atoms with Crippen LogP contribution in [-0.4, -0.2) is 26.5 Å². The number of halogens is 1. The van der Waals surface area contributed by atoms with Gasteiger partial charge in [0.25, 0.3) is 11.8 Å². The van der Waals surface area contributed by atoms with Gasteiger partial charge in [0.2, 0.25) is 0 Å². The number of hydrogen-bond acceptors (Lipinski definition) is 4. The number of nitriles is 1. The number of carbonyl (C=O) groups is 2. The van der Waals surface area contributed by atoms with Crippen LogP contribution < -0.4 is 0 Å². The minimum absolute atomic E-state index is 0.0507. The predicted octanol–water partition coefficient (Wildman–Crippen LogP) is 5.99. The number of aromatic nitrogens is 2. The maximum absolute atomic E-state index is 13.6. The van der Waals surface area contributed by atoms with Crippen molar-refractivity contribution in [2.45, 2.75) is 13.5 Å². The summed E-state index contributed by atoms with van der Waals surface area (Å²) in [5, 5.41) is 15.2. The van der Waals surface area contributed by atoms with Crippen LogP contribution in [0.15, 0.2) is 108 Å². The smallest absolute Gasteiger partial charge is 0.269 e. The molecule has 0 spiro atoms. The van der Waals surface area contributed by atoms with E-state index in [0.717, 1.165) is 21.7 Å². The van der Waals surface area contributed by atoms with Crippen LogP contribution in [0.25, 0.3) is 23.0 Å². The second-order valence-electron chi connectivity index (χ2n) is 8.57. The highest BCUT2D eigenvalue weighted by Gasteiger charge is 2.35. The van der Waals surface area contributed by atoms with E-state index in [0.29, 0.717) is 21.9 Å². The molecule has 2 amide bonds. The Morgan fingerprint density at radius 3 is 2.22 bits per heavy atom. The molecule has 0 unspecified atom stereocenters. The summed E-state index contributed by atoms with van der Waals surface area (Å²) in [5.41, 5.74) is 4.33. The molecule has 180 valence electrons. The lowest BCUT2D eigenvalue weighted by Gasteiger charge is -2.27. The topological polar surface area (TPSA) is 79.0 Å². The van der Waals surface area contributed by atoms with Crippen LogP contribution in [0.2, 0.25) is 5.02 Å². The maximum Gasteiger partial charge on any atom is 0.271 e. The van der Waals surface area contributed by atoms with Gasteiger partial charge in [0.1, 0.15) is 11.6 Å². The molecule has 3 aromatic carbocycles. The molecule has 6 nitrogen and oxygen atoms in total. The molecule has 0 N–H and O–H groups in total. The Morgan fingerprint density at radius 2 is 1.57 bits per heavy atom. The van der Waals surface area contributed by atoms with E-state index in [1.807, 2.05) is 85.1 Å². The summed E-state index contributed by atoms with van der Waals surface area (Å²) in [6.45, 7) is 1.70. The van der Waals surface area contributed by atoms with Gasteiger partial charge in [-0.1, -0.05) is 72.3 Å². The van der Waals surface area contributed by atoms with E-state index in [9.17, 15) is 14.9 Å². The summed E-state index contributed by atoms with van der Waals surface area (Å²) >= 11 is 6.11. The summed E-state index contributed by atoms with van der Waals surface area (Å²) in [6.07, 6.45) is 3.53. The second kappa shape index (κ2) is 10.1. The molecule has 1 aliphatic rings. The number of nitrogens with zero attached hydrogens (tertiary/aromatic N) is 4. The maximum atomic E-state index is 13.6. The lowest BCUT2D eigenvalue weighted by atomic mass is 9.93. The molecule has 37 heavy (non-hydrogen) atoms. The van der Waals surface area contributed by atoms with Crippen LogP contribution >= 0.6 is 11.6 Å². The number of para-hydroxylation sites is 1. The van der Waals surface area contributed by atoms with Crippen molar-refractivity contribution in [3.63, 3.8) is 0 Å². The Kier molecular flexibility index (Phi) is 6.55. The van der Waals surface area contributed by atoms with Crippen molar-refractivity contribution in [2.24, 2.45) is 0 Å². The van der Waals surface area contributed by atoms with E-state index in [1.165, 1.54) is 0 Å². The fraction of sp³-hybridized carbons (Fsp3) is 0.0667. The molecule has 1 aromatic heterocycles. The van der Waals surface area contributed by atoms with Gasteiger partial charge in [-0.25, -0.2) is 4.68 Å². The van der Waals surface area contributed by atoms with E-state index in [2.05, 4.69) is 0 Å². The number of amides is 2. The number of carbonyl (C=O) groups excluding carboxylic acids is 2. The highest BCUT2D eigenvalue weighted by Crippen LogP contribution is 2.32. The highest BCUT2D eigenvalue weighted by atomic mass is 35.5. The molecule has 7 heteroatoms. The second-order valence-corrected chi connectivity index (χ2v) is 9.01. The third kappa shape index (κ3) is 4.73. The zero-order valence-corrected chi connectivity index (χ0v) is 20.7. The summed E-state index contributed by atoms with van der Waals surface area (Å²) in [5.74, 6) is -1.05. The summed E-state index contributed by atoms with van der Waals surface area (Å²) in [6, 6.07) is 28.1. The van der Waals surface area contributed by atoms with Gasteiger partial charge in [-0.2, -0.15) is 10.4 Å². The number of imide groups is 1. The van der Waals surface area contributed by atoms with Gasteiger partial charge in [-0.05, 0) is 48.4 Å². The SMILES string of the molecule is CC1=C(C#N)C(=O)N(Cc2ccccc2)C(=O)/C1=C/c1cn(-c2ccccc2)nc1-c1ccc(Cl)cc1. The molecule has 0 radical (unpaired) electrons. The first kappa shape index (κ1) is 24.0. The zero-order valence-electron chi connectivity index (χ0n) is 19.9. The summed E-state index contributed by atoms with van der Waals surface area (Å²) in [4.78, 5) is 27.8. The molecule has 5 rings (SSSR count). The van der Waals surface area contributed by atoms with Crippen molar-refractivity contribution < 1.29 is 9.59 Å². The fourth-order valence-electron chi connectivity index (χ4n) is 4.23. The Morgan fingerprint density at radius 1 is 0.919 bits per heavy atom. The lowest BCUT2D eigenvalue weighted by Crippen LogP contribution is -2.42. The molecule has 0 bridgehead atoms. The molecule has 0 aliphatic carbocycles. The van der Waals surface area contributed by atoms with Gasteiger partial charge < -0.3 is 0 Å². The van der Waals surface area contributed by atoms with Crippen molar-refractivity contribution in [1.82, 2.24) is 14.7 Å². The normalized spacial score (nSPS) is 14.8. The van der Waals surface area contributed by atoms with Crippen LogP contribution in [-0.2, 0) is 16.1 Å². The Bertz CT molecular complexity index is 1600. The number of hydrogen-bond donors (Lipinski definition) is 0. The van der Waals surface area contributed by atoms with Crippen LogP contribution in [0.4, 0.5) is 0 Å². The highest BCUT2D eigenvalue weighted by molar-refractivity contribution is 6.30. The van der Waals surface area contributed by atoms with Crippen molar-refractivity contribution in [3.05, 3.63) is 124 Å². The van der Waals surface area contributed by atoms with Crippen LogP contribution in [0.1, 0.15) is 18.1 Å². The largest absolute Gasteiger partial charge is 0.271 e. The Balaban J connectivity index is 1.65. The van der Waals surface area contributed by atoms with Crippen molar-refractivity contribution in [3.8, 4) is 23.0 Å². The molecule has 4 aromatic rings. The van der Waals surface area contributed by atoms with Crippen LogP contribution in [0.3, 0.4) is 0 Å². The van der Waals surface area contributed by atoms with Gasteiger partial charge in [0.15, 0.2) is 0 Å². The molecule has 1 aliphatic heterocycles. The summed E-state index contributed by atoms with van der Waals surface area (Å²) in [7, 11) is 0. The fourth-order valence-corrected chi connectivity index (χ4v) is 4.36. The molecule has 0 saturated heterocycles. The lowest BCUT2D eigenvalue weighted by molar-refractivity contribution is -0.141. The summed E-state index contributed by atoms with van der Waals surface area (Å²) < 4.78 is 1.74. The molecule has 0 fully saturated rings. The monoisotopic (exact) mass is 504 g/mol. The molecular weight excluding hydrogens is 484 g/mol. The molecule has 0 atom stereocenters. The molecule has 2 heterocycles. The van der Waals surface area contributed by atoms with Crippen molar-refractivity contribution >= 4 is 29.5 Å². The van der Waals surface area contributed by atoms with E-state index >= 15 is 0 Å². The minimum Gasteiger partial charge on any atom is -0.269 e. The standard InChI is InChI=1S/C30H21ClN4O2/c1-20-26(29(36)34(30(37)27(20)17-32)18-21-8-4-2-5-9-21)16-23-19-35(25-10-6-3-7-11-25)33-28(23)22-12-14-24(31)15-13-22/h2-16,19H,18H2,1H3/b26-16+. The third-order valence-corrected chi connectivity index (χ3v) is 6.44. The van der Waals surface area contributed by atoms with Gasteiger partial charge in [0.05, 0.1) is 17.9 Å². The van der Waals surface area contributed by atoms with Crippen LogP contribution in [0.5, 0.6) is 0 Å². The van der Waals surface area contributed by atoms with E-state index in [-0.39, 0.29) is 17.7 Å². The number of rotatable bonds is 5. The minimum atomic E-state index is -0.594.